The molecule has 0 bridgehead atoms. The Labute approximate surface area is 181 Å². The van der Waals surface area contributed by atoms with E-state index in [1.807, 2.05) is 59.3 Å². The number of carbonyl (C=O) groups excluding carboxylic acids is 1. The van der Waals surface area contributed by atoms with Gasteiger partial charge in [0.2, 0.25) is 5.88 Å². The Balaban J connectivity index is 1.63. The number of nitrogens with two attached hydrogens (primary N) is 1. The van der Waals surface area contributed by atoms with Gasteiger partial charge in [0, 0.05) is 24.0 Å². The second-order valence-corrected chi connectivity index (χ2v) is 7.71. The molecular weight excluding hydrogens is 394 g/mol. The summed E-state index contributed by atoms with van der Waals surface area (Å²) in [6, 6.07) is 16.9. The molecule has 4 rings (SSSR count). The maximum atomic E-state index is 12.0. The Bertz CT molecular complexity index is 1050. The van der Waals surface area contributed by atoms with Gasteiger partial charge >= 0.3 is 0 Å². The zero-order valence-corrected chi connectivity index (χ0v) is 17.5. The van der Waals surface area contributed by atoms with Crippen LogP contribution in [0.3, 0.4) is 0 Å². The number of methoxy groups -OCH3 is 1. The van der Waals surface area contributed by atoms with E-state index in [1.54, 1.807) is 13.2 Å². The molecule has 1 aliphatic rings. The number of hydrogen-bond acceptors (Lipinski definition) is 5. The van der Waals surface area contributed by atoms with Crippen molar-refractivity contribution in [3.05, 3.63) is 66.4 Å². The zero-order valence-electron chi connectivity index (χ0n) is 17.5. The number of ether oxygens (including phenoxy) is 2. The lowest BCUT2D eigenvalue weighted by atomic mass is 9.92. The second-order valence-electron chi connectivity index (χ2n) is 7.71. The van der Waals surface area contributed by atoms with E-state index >= 15 is 0 Å². The summed E-state index contributed by atoms with van der Waals surface area (Å²) in [5.41, 5.74) is 7.56. The number of aliphatic hydroxyl groups is 1. The van der Waals surface area contributed by atoms with Gasteiger partial charge in [0.05, 0.1) is 24.5 Å². The zero-order chi connectivity index (χ0) is 21.8. The van der Waals surface area contributed by atoms with E-state index in [1.165, 1.54) is 0 Å². The van der Waals surface area contributed by atoms with Crippen LogP contribution in [0.4, 0.5) is 5.69 Å². The Morgan fingerprint density at radius 2 is 1.81 bits per heavy atom. The monoisotopic (exact) mass is 421 g/mol. The summed E-state index contributed by atoms with van der Waals surface area (Å²) in [4.78, 5) is 12.0. The van der Waals surface area contributed by atoms with E-state index in [0.29, 0.717) is 28.6 Å². The molecule has 162 valence electrons. The van der Waals surface area contributed by atoms with Crippen molar-refractivity contribution in [1.82, 2.24) is 4.57 Å². The van der Waals surface area contributed by atoms with Crippen LogP contribution in [0.15, 0.2) is 60.8 Å². The van der Waals surface area contributed by atoms with Crippen molar-refractivity contribution in [3.8, 4) is 23.1 Å². The molecule has 0 aliphatic heterocycles. The number of benzene rings is 2. The summed E-state index contributed by atoms with van der Waals surface area (Å²) in [5, 5.41) is 13.2. The lowest BCUT2D eigenvalue weighted by molar-refractivity contribution is 0.100. The van der Waals surface area contributed by atoms with Crippen molar-refractivity contribution in [1.29, 1.82) is 0 Å². The maximum Gasteiger partial charge on any atom is 0.250 e. The molecule has 2 aromatic carbocycles. The smallest absolute Gasteiger partial charge is 0.250 e. The average Bonchev–Trinajstić information content (AvgIpc) is 3.23. The Morgan fingerprint density at radius 1 is 1.06 bits per heavy atom. The highest BCUT2D eigenvalue weighted by Crippen LogP contribution is 2.33. The van der Waals surface area contributed by atoms with Gasteiger partial charge in [-0.15, -0.1) is 0 Å². The van der Waals surface area contributed by atoms with Gasteiger partial charge in [0.1, 0.15) is 0 Å². The number of primary amides is 1. The van der Waals surface area contributed by atoms with E-state index in [2.05, 4.69) is 5.32 Å². The van der Waals surface area contributed by atoms with Crippen molar-refractivity contribution >= 4 is 11.6 Å². The van der Waals surface area contributed by atoms with Gasteiger partial charge in [-0.25, -0.2) is 0 Å². The van der Waals surface area contributed by atoms with Crippen LogP contribution in [0.2, 0.25) is 0 Å². The first-order valence-electron chi connectivity index (χ1n) is 10.4. The van der Waals surface area contributed by atoms with Crippen molar-refractivity contribution in [3.63, 3.8) is 0 Å². The van der Waals surface area contributed by atoms with Gasteiger partial charge in [-0.05, 0) is 62.1 Å². The van der Waals surface area contributed by atoms with Crippen molar-refractivity contribution in [2.24, 2.45) is 5.73 Å². The third kappa shape index (κ3) is 4.67. The predicted molar refractivity (Wildman–Crippen MR) is 119 cm³/mol. The maximum absolute atomic E-state index is 12.0. The molecule has 3 aromatic rings. The van der Waals surface area contributed by atoms with Crippen molar-refractivity contribution < 1.29 is 19.4 Å². The summed E-state index contributed by atoms with van der Waals surface area (Å²) in [5.74, 6) is 1.38. The summed E-state index contributed by atoms with van der Waals surface area (Å²) in [7, 11) is 1.60. The van der Waals surface area contributed by atoms with E-state index < -0.39 is 5.91 Å². The highest BCUT2D eigenvalue weighted by molar-refractivity contribution is 5.99. The van der Waals surface area contributed by atoms with Crippen molar-refractivity contribution in [2.45, 2.75) is 37.8 Å². The van der Waals surface area contributed by atoms with Gasteiger partial charge in [-0.1, -0.05) is 12.1 Å². The number of aliphatic hydroxyl groups excluding tert-OH is 1. The fourth-order valence-electron chi connectivity index (χ4n) is 3.93. The van der Waals surface area contributed by atoms with Crippen LogP contribution in [-0.2, 0) is 0 Å². The molecule has 0 radical (unpaired) electrons. The number of hydrogen-bond donors (Lipinski definition) is 3. The fraction of sp³-hybridized carbons (Fsp3) is 0.292. The van der Waals surface area contributed by atoms with Gasteiger partial charge in [-0.3, -0.25) is 9.36 Å². The van der Waals surface area contributed by atoms with Crippen LogP contribution in [0, 0.1) is 0 Å². The van der Waals surface area contributed by atoms with Crippen LogP contribution in [0.25, 0.3) is 5.69 Å². The average molecular weight is 421 g/mol. The third-order valence-corrected chi connectivity index (χ3v) is 5.60. The highest BCUT2D eigenvalue weighted by atomic mass is 16.5. The standard InChI is InChI=1S/C24H27N3O4/c1-30-21-5-2-3-6-22(21)31-23-7-4-14-27(23)17-10-13-19(24(25)29)20(15-17)26-16-8-11-18(28)12-9-16/h2-7,10,13-16,18,26,28H,8-9,11-12H2,1H3,(H2,25,29). The van der Waals surface area contributed by atoms with E-state index in [4.69, 9.17) is 15.2 Å². The molecule has 0 saturated heterocycles. The minimum Gasteiger partial charge on any atom is -0.493 e. The summed E-state index contributed by atoms with van der Waals surface area (Å²) in [6.45, 7) is 0. The predicted octanol–water partition coefficient (Wildman–Crippen LogP) is 4.09. The second kappa shape index (κ2) is 9.14. The van der Waals surface area contributed by atoms with Crippen LogP contribution in [-0.4, -0.2) is 34.8 Å². The van der Waals surface area contributed by atoms with Crippen LogP contribution in [0.1, 0.15) is 36.0 Å². The number of nitrogens with zero attached hydrogens (tertiary/aromatic N) is 1. The first-order chi connectivity index (χ1) is 15.0. The molecule has 1 amide bonds. The Hall–Kier alpha value is -3.45. The quantitative estimate of drug-likeness (QED) is 0.534. The molecular formula is C24H27N3O4. The Morgan fingerprint density at radius 3 is 2.52 bits per heavy atom. The first kappa shape index (κ1) is 20.8. The number of amides is 1. The molecule has 0 unspecified atom stereocenters. The topological polar surface area (TPSA) is 98.7 Å². The number of anilines is 1. The molecule has 4 N–H and O–H groups in total. The number of rotatable bonds is 7. The van der Waals surface area contributed by atoms with E-state index in [0.717, 1.165) is 31.4 Å². The molecule has 7 heteroatoms. The molecule has 31 heavy (non-hydrogen) atoms. The van der Waals surface area contributed by atoms with Gasteiger partial charge in [-0.2, -0.15) is 0 Å². The molecule has 7 nitrogen and oxygen atoms in total. The molecule has 1 saturated carbocycles. The minimum absolute atomic E-state index is 0.186. The number of aromatic nitrogens is 1. The van der Waals surface area contributed by atoms with Crippen LogP contribution in [0.5, 0.6) is 17.4 Å². The lowest BCUT2D eigenvalue weighted by Gasteiger charge is -2.28. The molecule has 1 fully saturated rings. The van der Waals surface area contributed by atoms with E-state index in [-0.39, 0.29) is 12.1 Å². The lowest BCUT2D eigenvalue weighted by Crippen LogP contribution is -2.29. The highest BCUT2D eigenvalue weighted by Gasteiger charge is 2.21. The summed E-state index contributed by atoms with van der Waals surface area (Å²) < 4.78 is 13.4. The van der Waals surface area contributed by atoms with E-state index in [9.17, 15) is 9.90 Å². The molecule has 0 atom stereocenters. The van der Waals surface area contributed by atoms with Gasteiger partial charge in [0.25, 0.3) is 5.91 Å². The van der Waals surface area contributed by atoms with Crippen LogP contribution < -0.4 is 20.5 Å². The SMILES string of the molecule is COc1ccccc1Oc1cccn1-c1ccc(C(N)=O)c(NC2CCC(O)CC2)c1. The minimum atomic E-state index is -0.483. The van der Waals surface area contributed by atoms with Gasteiger partial charge < -0.3 is 25.6 Å². The third-order valence-electron chi connectivity index (χ3n) is 5.60. The molecule has 1 aliphatic carbocycles. The first-order valence-corrected chi connectivity index (χ1v) is 10.4. The largest absolute Gasteiger partial charge is 0.493 e. The fourth-order valence-corrected chi connectivity index (χ4v) is 3.93. The molecule has 1 heterocycles. The van der Waals surface area contributed by atoms with Gasteiger partial charge in [0.15, 0.2) is 11.5 Å². The van der Waals surface area contributed by atoms with Crippen LogP contribution >= 0.6 is 0 Å². The molecule has 0 spiro atoms. The number of para-hydroxylation sites is 2. The van der Waals surface area contributed by atoms with Crippen molar-refractivity contribution in [2.75, 3.05) is 12.4 Å². The summed E-state index contributed by atoms with van der Waals surface area (Å²) >= 11 is 0. The Kier molecular flexibility index (Phi) is 6.13. The normalized spacial score (nSPS) is 18.4. The number of nitrogens with one attached hydrogen (secondary N) is 1. The number of carbonyl (C=O) groups is 1. The molecule has 1 aromatic heterocycles. The summed E-state index contributed by atoms with van der Waals surface area (Å²) in [6.07, 6.45) is 4.83.